The van der Waals surface area contributed by atoms with E-state index in [2.05, 4.69) is 0 Å². The Balaban J connectivity index is 2.47. The van der Waals surface area contributed by atoms with E-state index in [-0.39, 0.29) is 36.0 Å². The Morgan fingerprint density at radius 1 is 0.875 bits per heavy atom. The van der Waals surface area contributed by atoms with Gasteiger partial charge >= 0.3 is 0 Å². The van der Waals surface area contributed by atoms with Crippen LogP contribution < -0.4 is 18.9 Å². The molecule has 32 heavy (non-hydrogen) atoms. The third-order valence-corrected chi connectivity index (χ3v) is 4.88. The first-order valence-electron chi connectivity index (χ1n) is 10.2. The van der Waals surface area contributed by atoms with Gasteiger partial charge < -0.3 is 44.1 Å². The van der Waals surface area contributed by atoms with E-state index in [0.29, 0.717) is 23.5 Å². The zero-order valence-corrected chi connectivity index (χ0v) is 18.8. The number of hydrogen-bond acceptors (Lipinski definition) is 9. The summed E-state index contributed by atoms with van der Waals surface area (Å²) in [5, 5.41) is 39.6. The molecular formula is C23H32O9. The second-order valence-electron chi connectivity index (χ2n) is 6.96. The summed E-state index contributed by atoms with van der Waals surface area (Å²) in [6, 6.07) is 7.83. The molecule has 0 aromatic heterocycles. The highest BCUT2D eigenvalue weighted by molar-refractivity contribution is 5.54. The highest BCUT2D eigenvalue weighted by Crippen LogP contribution is 2.42. The van der Waals surface area contributed by atoms with Gasteiger partial charge in [-0.15, -0.1) is 0 Å². The number of benzene rings is 2. The SMILES string of the molecule is CCOC(c1cc(O)cc(OC)c1)C(CO)Oc1c(OC)cc(C(O)CCO)cc1OC. The molecule has 0 fully saturated rings. The fourth-order valence-corrected chi connectivity index (χ4v) is 3.33. The van der Waals surface area contributed by atoms with Crippen molar-refractivity contribution in [1.29, 1.82) is 0 Å². The minimum absolute atomic E-state index is 0.0156. The van der Waals surface area contributed by atoms with Crippen LogP contribution in [0.2, 0.25) is 0 Å². The largest absolute Gasteiger partial charge is 0.508 e. The quantitative estimate of drug-likeness (QED) is 0.362. The normalized spacial score (nSPS) is 13.8. The smallest absolute Gasteiger partial charge is 0.204 e. The molecule has 9 nitrogen and oxygen atoms in total. The van der Waals surface area contributed by atoms with Crippen LogP contribution in [0.3, 0.4) is 0 Å². The summed E-state index contributed by atoms with van der Waals surface area (Å²) in [5.74, 6) is 1.18. The average Bonchev–Trinajstić information content (AvgIpc) is 2.80. The van der Waals surface area contributed by atoms with Gasteiger partial charge in [0.2, 0.25) is 5.75 Å². The van der Waals surface area contributed by atoms with Crippen LogP contribution in [-0.2, 0) is 4.74 Å². The van der Waals surface area contributed by atoms with Crippen LogP contribution >= 0.6 is 0 Å². The first-order valence-corrected chi connectivity index (χ1v) is 10.2. The summed E-state index contributed by atoms with van der Waals surface area (Å²) in [5.41, 5.74) is 1.04. The van der Waals surface area contributed by atoms with E-state index in [0.717, 1.165) is 0 Å². The molecule has 0 amide bonds. The molecule has 2 aromatic carbocycles. The summed E-state index contributed by atoms with van der Waals surface area (Å²) in [7, 11) is 4.37. The fourth-order valence-electron chi connectivity index (χ4n) is 3.33. The van der Waals surface area contributed by atoms with Gasteiger partial charge in [0.15, 0.2) is 17.6 Å². The molecule has 0 radical (unpaired) electrons. The van der Waals surface area contributed by atoms with Crippen molar-refractivity contribution in [2.24, 2.45) is 0 Å². The van der Waals surface area contributed by atoms with Gasteiger partial charge in [-0.05, 0) is 42.3 Å². The van der Waals surface area contributed by atoms with Gasteiger partial charge in [-0.2, -0.15) is 0 Å². The summed E-state index contributed by atoms with van der Waals surface area (Å²) in [4.78, 5) is 0. The molecule has 0 heterocycles. The van der Waals surface area contributed by atoms with E-state index >= 15 is 0 Å². The van der Waals surface area contributed by atoms with Crippen molar-refractivity contribution in [3.63, 3.8) is 0 Å². The number of aliphatic hydroxyl groups excluding tert-OH is 3. The highest BCUT2D eigenvalue weighted by atomic mass is 16.6. The van der Waals surface area contributed by atoms with Crippen molar-refractivity contribution in [2.75, 3.05) is 41.2 Å². The summed E-state index contributed by atoms with van der Waals surface area (Å²) in [6.07, 6.45) is -2.41. The predicted molar refractivity (Wildman–Crippen MR) is 117 cm³/mol. The first-order chi connectivity index (χ1) is 15.4. The summed E-state index contributed by atoms with van der Waals surface area (Å²) < 4.78 is 28.1. The summed E-state index contributed by atoms with van der Waals surface area (Å²) >= 11 is 0. The lowest BCUT2D eigenvalue weighted by Gasteiger charge is -2.28. The molecule has 0 bridgehead atoms. The molecule has 2 rings (SSSR count). The van der Waals surface area contributed by atoms with Crippen LogP contribution in [0.15, 0.2) is 30.3 Å². The number of phenolic OH excluding ortho intramolecular Hbond substituents is 1. The molecule has 0 aliphatic carbocycles. The predicted octanol–water partition coefficient (Wildman–Crippen LogP) is 2.35. The van der Waals surface area contributed by atoms with Crippen molar-refractivity contribution in [2.45, 2.75) is 31.7 Å². The number of rotatable bonds is 13. The van der Waals surface area contributed by atoms with E-state index in [1.165, 1.54) is 33.5 Å². The van der Waals surface area contributed by atoms with Crippen molar-refractivity contribution >= 4 is 0 Å². The van der Waals surface area contributed by atoms with Gasteiger partial charge in [0.1, 0.15) is 17.6 Å². The van der Waals surface area contributed by atoms with E-state index in [9.17, 15) is 15.3 Å². The zero-order valence-electron chi connectivity index (χ0n) is 18.8. The van der Waals surface area contributed by atoms with Crippen LogP contribution in [0.1, 0.15) is 36.7 Å². The number of phenols is 1. The van der Waals surface area contributed by atoms with Crippen LogP contribution in [0.5, 0.6) is 28.7 Å². The van der Waals surface area contributed by atoms with Gasteiger partial charge in [0.25, 0.3) is 0 Å². The number of aromatic hydroxyl groups is 1. The molecule has 2 aromatic rings. The van der Waals surface area contributed by atoms with Crippen molar-refractivity contribution in [1.82, 2.24) is 0 Å². The average molecular weight is 453 g/mol. The lowest BCUT2D eigenvalue weighted by Crippen LogP contribution is -2.31. The monoisotopic (exact) mass is 452 g/mol. The van der Waals surface area contributed by atoms with Crippen molar-refractivity contribution in [3.8, 4) is 28.7 Å². The maximum atomic E-state index is 10.3. The van der Waals surface area contributed by atoms with Gasteiger partial charge in [-0.1, -0.05) is 0 Å². The molecule has 178 valence electrons. The molecule has 0 saturated carbocycles. The molecule has 0 saturated heterocycles. The lowest BCUT2D eigenvalue weighted by atomic mass is 10.0. The van der Waals surface area contributed by atoms with Crippen LogP contribution in [0.25, 0.3) is 0 Å². The maximum Gasteiger partial charge on any atom is 0.204 e. The van der Waals surface area contributed by atoms with Gasteiger partial charge in [0, 0.05) is 25.7 Å². The molecule has 9 heteroatoms. The van der Waals surface area contributed by atoms with E-state index < -0.39 is 24.9 Å². The van der Waals surface area contributed by atoms with Crippen LogP contribution in [-0.4, -0.2) is 67.7 Å². The Labute approximate surface area is 187 Å². The Morgan fingerprint density at radius 3 is 2.03 bits per heavy atom. The minimum atomic E-state index is -0.915. The van der Waals surface area contributed by atoms with Crippen LogP contribution in [0, 0.1) is 0 Å². The maximum absolute atomic E-state index is 10.3. The number of ether oxygens (including phenoxy) is 5. The third kappa shape index (κ3) is 6.17. The standard InChI is InChI=1S/C23H32O9/c1-5-31-22(15-8-16(26)12-17(9-15)28-2)21(13-25)32-23-19(29-3)10-14(11-20(23)30-4)18(27)6-7-24/h8-12,18,21-22,24-27H,5-7,13H2,1-4H3. The molecule has 4 N–H and O–H groups in total. The van der Waals surface area contributed by atoms with Crippen LogP contribution in [0.4, 0.5) is 0 Å². The fraction of sp³-hybridized carbons (Fsp3) is 0.478. The summed E-state index contributed by atoms with van der Waals surface area (Å²) in [6.45, 7) is 1.53. The Kier molecular flexibility index (Phi) is 9.86. The second-order valence-corrected chi connectivity index (χ2v) is 6.96. The molecule has 3 unspecified atom stereocenters. The number of hydrogen-bond donors (Lipinski definition) is 4. The van der Waals surface area contributed by atoms with Gasteiger partial charge in [0.05, 0.1) is 34.0 Å². The Hall–Kier alpha value is -2.72. The van der Waals surface area contributed by atoms with Crippen molar-refractivity contribution < 1.29 is 44.1 Å². The second kappa shape index (κ2) is 12.4. The molecule has 0 aliphatic rings. The van der Waals surface area contributed by atoms with E-state index in [1.54, 1.807) is 25.1 Å². The van der Waals surface area contributed by atoms with Crippen molar-refractivity contribution in [3.05, 3.63) is 41.5 Å². The van der Waals surface area contributed by atoms with Gasteiger partial charge in [-0.3, -0.25) is 0 Å². The number of aliphatic hydroxyl groups is 3. The molecule has 0 spiro atoms. The topological polar surface area (TPSA) is 127 Å². The third-order valence-electron chi connectivity index (χ3n) is 4.88. The Bertz CT molecular complexity index is 830. The number of methoxy groups -OCH3 is 3. The first kappa shape index (κ1) is 25.5. The molecule has 3 atom stereocenters. The Morgan fingerprint density at radius 2 is 1.53 bits per heavy atom. The van der Waals surface area contributed by atoms with E-state index in [4.69, 9.17) is 28.8 Å². The highest BCUT2D eigenvalue weighted by Gasteiger charge is 2.29. The minimum Gasteiger partial charge on any atom is -0.508 e. The molecule has 0 aliphatic heterocycles. The zero-order chi connectivity index (χ0) is 23.7. The van der Waals surface area contributed by atoms with E-state index in [1.807, 2.05) is 0 Å². The van der Waals surface area contributed by atoms with Gasteiger partial charge in [-0.25, -0.2) is 0 Å². The lowest BCUT2D eigenvalue weighted by molar-refractivity contribution is -0.0453. The molecular weight excluding hydrogens is 420 g/mol.